The van der Waals surface area contributed by atoms with Gasteiger partial charge >= 0.3 is 12.0 Å². The van der Waals surface area contributed by atoms with Gasteiger partial charge in [0.2, 0.25) is 10.0 Å². The molecule has 0 bridgehead atoms. The summed E-state index contributed by atoms with van der Waals surface area (Å²) in [4.78, 5) is 28.3. The molecule has 0 radical (unpaired) electrons. The predicted molar refractivity (Wildman–Crippen MR) is 95.5 cm³/mol. The molecule has 2 fully saturated rings. The van der Waals surface area contributed by atoms with E-state index >= 15 is 0 Å². The van der Waals surface area contributed by atoms with E-state index in [-0.39, 0.29) is 30.6 Å². The Bertz CT molecular complexity index is 779. The van der Waals surface area contributed by atoms with Crippen LogP contribution in [0.25, 0.3) is 0 Å². The zero-order valence-electron chi connectivity index (χ0n) is 15.1. The van der Waals surface area contributed by atoms with Crippen LogP contribution in [0.2, 0.25) is 0 Å². The third-order valence-corrected chi connectivity index (χ3v) is 6.63. The molecule has 1 aromatic carbocycles. The van der Waals surface area contributed by atoms with Gasteiger partial charge in [0.25, 0.3) is 0 Å². The Morgan fingerprint density at radius 3 is 2.33 bits per heavy atom. The minimum absolute atomic E-state index is 0.0209. The second-order valence-corrected chi connectivity index (χ2v) is 8.19. The number of esters is 1. The number of hydrogen-bond acceptors (Lipinski definition) is 6. The number of nitrogens with zero attached hydrogens (tertiary/aromatic N) is 3. The third kappa shape index (κ3) is 4.07. The molecule has 9 nitrogen and oxygen atoms in total. The Balaban J connectivity index is 1.81. The van der Waals surface area contributed by atoms with Crippen LogP contribution in [0.1, 0.15) is 0 Å². The average Bonchev–Trinajstić information content (AvgIpc) is 2.73. The van der Waals surface area contributed by atoms with Gasteiger partial charge in [0.05, 0.1) is 25.2 Å². The molecular formula is C17H23N3O6S. The van der Waals surface area contributed by atoms with E-state index in [1.165, 1.54) is 24.1 Å². The fourth-order valence-electron chi connectivity index (χ4n) is 3.24. The molecule has 0 saturated carbocycles. The van der Waals surface area contributed by atoms with E-state index in [9.17, 15) is 18.0 Å². The first kappa shape index (κ1) is 19.6. The summed E-state index contributed by atoms with van der Waals surface area (Å²) < 4.78 is 37.1. The molecule has 2 saturated heterocycles. The summed E-state index contributed by atoms with van der Waals surface area (Å²) >= 11 is 0. The smallest absolute Gasteiger partial charge is 0.326 e. The van der Waals surface area contributed by atoms with Gasteiger partial charge in [-0.05, 0) is 12.1 Å². The second-order valence-electron chi connectivity index (χ2n) is 6.30. The maximum atomic E-state index is 13.0. The summed E-state index contributed by atoms with van der Waals surface area (Å²) in [7, 11) is -2.67. The molecule has 27 heavy (non-hydrogen) atoms. The highest BCUT2D eigenvalue weighted by Gasteiger charge is 2.42. The van der Waals surface area contributed by atoms with Crippen LogP contribution in [0.5, 0.6) is 0 Å². The Labute approximate surface area is 158 Å². The van der Waals surface area contributed by atoms with Crippen molar-refractivity contribution in [1.82, 2.24) is 14.1 Å². The first-order valence-corrected chi connectivity index (χ1v) is 10.2. The molecule has 1 atom stereocenters. The van der Waals surface area contributed by atoms with Crippen LogP contribution < -0.4 is 0 Å². The van der Waals surface area contributed by atoms with Crippen LogP contribution >= 0.6 is 0 Å². The maximum Gasteiger partial charge on any atom is 0.326 e. The fourth-order valence-corrected chi connectivity index (χ4v) is 4.82. The quantitative estimate of drug-likeness (QED) is 0.666. The van der Waals surface area contributed by atoms with Gasteiger partial charge in [-0.25, -0.2) is 13.2 Å². The second kappa shape index (κ2) is 8.24. The van der Waals surface area contributed by atoms with Gasteiger partial charge in [-0.15, -0.1) is 0 Å². The molecule has 0 aliphatic carbocycles. The van der Waals surface area contributed by atoms with Crippen molar-refractivity contribution >= 4 is 22.0 Å². The van der Waals surface area contributed by atoms with Gasteiger partial charge in [0, 0.05) is 32.7 Å². The fraction of sp³-hybridized carbons (Fsp3) is 0.529. The summed E-state index contributed by atoms with van der Waals surface area (Å²) in [5.74, 6) is -0.686. The minimum Gasteiger partial charge on any atom is -0.468 e. The number of rotatable bonds is 3. The number of benzene rings is 1. The van der Waals surface area contributed by atoms with Gasteiger partial charge in [-0.1, -0.05) is 18.2 Å². The number of methoxy groups -OCH3 is 1. The molecule has 2 amide bonds. The highest BCUT2D eigenvalue weighted by atomic mass is 32.2. The first-order valence-electron chi connectivity index (χ1n) is 8.71. The zero-order chi connectivity index (χ0) is 19.4. The lowest BCUT2D eigenvalue weighted by atomic mass is 10.2. The lowest BCUT2D eigenvalue weighted by Crippen LogP contribution is -2.61. The summed E-state index contributed by atoms with van der Waals surface area (Å²) in [5.41, 5.74) is 0. The van der Waals surface area contributed by atoms with Crippen molar-refractivity contribution in [1.29, 1.82) is 0 Å². The lowest BCUT2D eigenvalue weighted by Gasteiger charge is -2.41. The van der Waals surface area contributed by atoms with Crippen LogP contribution in [0.15, 0.2) is 35.2 Å². The summed E-state index contributed by atoms with van der Waals surface area (Å²) in [6.07, 6.45) is 0. The zero-order valence-corrected chi connectivity index (χ0v) is 15.9. The number of piperazine rings is 1. The number of morpholine rings is 1. The Morgan fingerprint density at radius 1 is 1.04 bits per heavy atom. The van der Waals surface area contributed by atoms with E-state index in [1.807, 2.05) is 0 Å². The minimum atomic E-state index is -3.88. The van der Waals surface area contributed by atoms with Crippen molar-refractivity contribution in [2.45, 2.75) is 10.9 Å². The molecule has 3 rings (SSSR count). The van der Waals surface area contributed by atoms with Crippen molar-refractivity contribution in [2.24, 2.45) is 0 Å². The molecule has 10 heteroatoms. The van der Waals surface area contributed by atoms with Gasteiger partial charge in [0.15, 0.2) is 0 Å². The first-order chi connectivity index (χ1) is 12.9. The normalized spacial score (nSPS) is 21.7. The summed E-state index contributed by atoms with van der Waals surface area (Å²) in [6, 6.07) is 6.62. The van der Waals surface area contributed by atoms with E-state index in [2.05, 4.69) is 0 Å². The van der Waals surface area contributed by atoms with Gasteiger partial charge in [-0.2, -0.15) is 4.31 Å². The van der Waals surface area contributed by atoms with Crippen LogP contribution in [0, 0.1) is 0 Å². The van der Waals surface area contributed by atoms with Crippen molar-refractivity contribution in [3.05, 3.63) is 30.3 Å². The van der Waals surface area contributed by atoms with Crippen LogP contribution in [0.4, 0.5) is 4.79 Å². The molecule has 2 heterocycles. The molecule has 0 aromatic heterocycles. The SMILES string of the molecule is COC(=O)C1CN(C(=O)N2CCOCC2)CCN1S(=O)(=O)c1ccccc1. The molecule has 0 N–H and O–H groups in total. The van der Waals surface area contributed by atoms with Crippen molar-refractivity contribution < 1.29 is 27.5 Å². The Kier molecular flexibility index (Phi) is 5.98. The van der Waals surface area contributed by atoms with Gasteiger partial charge < -0.3 is 19.3 Å². The van der Waals surface area contributed by atoms with Crippen molar-refractivity contribution in [2.75, 3.05) is 53.0 Å². The van der Waals surface area contributed by atoms with Crippen molar-refractivity contribution in [3.63, 3.8) is 0 Å². The van der Waals surface area contributed by atoms with E-state index in [0.717, 1.165) is 4.31 Å². The topological polar surface area (TPSA) is 96.5 Å². The van der Waals surface area contributed by atoms with E-state index in [4.69, 9.17) is 9.47 Å². The maximum absolute atomic E-state index is 13.0. The van der Waals surface area contributed by atoms with Crippen molar-refractivity contribution in [3.8, 4) is 0 Å². The third-order valence-electron chi connectivity index (χ3n) is 4.71. The van der Waals surface area contributed by atoms with Gasteiger partial charge in [0.1, 0.15) is 6.04 Å². The number of urea groups is 1. The highest BCUT2D eigenvalue weighted by Crippen LogP contribution is 2.23. The van der Waals surface area contributed by atoms with Crippen LogP contribution in [0.3, 0.4) is 0 Å². The summed E-state index contributed by atoms with van der Waals surface area (Å²) in [5, 5.41) is 0. The molecule has 2 aliphatic rings. The molecule has 0 spiro atoms. The number of sulfonamides is 1. The Morgan fingerprint density at radius 2 is 1.70 bits per heavy atom. The van der Waals surface area contributed by atoms with E-state index in [0.29, 0.717) is 26.3 Å². The number of amides is 2. The van der Waals surface area contributed by atoms with Crippen LogP contribution in [-0.2, 0) is 24.3 Å². The van der Waals surface area contributed by atoms with Crippen LogP contribution in [-0.4, -0.2) is 93.6 Å². The largest absolute Gasteiger partial charge is 0.468 e. The van der Waals surface area contributed by atoms with E-state index < -0.39 is 22.0 Å². The summed E-state index contributed by atoms with van der Waals surface area (Å²) in [6.45, 7) is 2.06. The lowest BCUT2D eigenvalue weighted by molar-refractivity contribution is -0.146. The van der Waals surface area contributed by atoms with E-state index in [1.54, 1.807) is 23.1 Å². The highest BCUT2D eigenvalue weighted by molar-refractivity contribution is 7.89. The predicted octanol–water partition coefficient (Wildman–Crippen LogP) is -0.0133. The number of hydrogen-bond donors (Lipinski definition) is 0. The molecule has 2 aliphatic heterocycles. The Hall–Kier alpha value is -2.17. The molecule has 148 valence electrons. The molecule has 1 unspecified atom stereocenters. The monoisotopic (exact) mass is 397 g/mol. The number of carbonyl (C=O) groups is 2. The number of carbonyl (C=O) groups excluding carboxylic acids is 2. The average molecular weight is 397 g/mol. The molecular weight excluding hydrogens is 374 g/mol. The molecule has 1 aromatic rings. The van der Waals surface area contributed by atoms with Gasteiger partial charge in [-0.3, -0.25) is 4.79 Å². The number of ether oxygens (including phenoxy) is 2. The standard InChI is InChI=1S/C17H23N3O6S/c1-25-16(21)15-13-19(17(22)18-9-11-26-12-10-18)7-8-20(15)27(23,24)14-5-3-2-4-6-14/h2-6,15H,7-13H2,1H3.